The number of benzene rings is 1. The summed E-state index contributed by atoms with van der Waals surface area (Å²) in [5, 5.41) is 4.30. The summed E-state index contributed by atoms with van der Waals surface area (Å²) < 4.78 is 5.80. The van der Waals surface area contributed by atoms with Gasteiger partial charge in [-0.25, -0.2) is 4.99 Å². The minimum atomic E-state index is 0.0989. The van der Waals surface area contributed by atoms with Gasteiger partial charge in [-0.05, 0) is 32.9 Å². The highest BCUT2D eigenvalue weighted by molar-refractivity contribution is 5.86. The van der Waals surface area contributed by atoms with Crippen LogP contribution in [0.15, 0.2) is 39.7 Å². The summed E-state index contributed by atoms with van der Waals surface area (Å²) in [4.78, 5) is 20.6. The Morgan fingerprint density at radius 3 is 2.56 bits per heavy atom. The van der Waals surface area contributed by atoms with Crippen LogP contribution in [0.4, 0.5) is 0 Å². The van der Waals surface area contributed by atoms with Gasteiger partial charge in [-0.2, -0.15) is 0 Å². The molecule has 2 aromatic rings. The number of fused-ring (bicyclic) bond motifs is 1. The molecular formula is C19H28N4O2. The summed E-state index contributed by atoms with van der Waals surface area (Å²) in [5.74, 6) is 1.60. The molecule has 0 aliphatic heterocycles. The maximum Gasteiger partial charge on any atom is 0.242 e. The van der Waals surface area contributed by atoms with Gasteiger partial charge in [0.05, 0.1) is 6.54 Å². The highest BCUT2D eigenvalue weighted by Gasteiger charge is 2.15. The van der Waals surface area contributed by atoms with E-state index in [2.05, 4.69) is 10.3 Å². The van der Waals surface area contributed by atoms with E-state index >= 15 is 0 Å². The molecule has 2 rings (SSSR count). The summed E-state index contributed by atoms with van der Waals surface area (Å²) in [5.41, 5.74) is 0.864. The minimum absolute atomic E-state index is 0.0989. The van der Waals surface area contributed by atoms with Crippen molar-refractivity contribution in [2.24, 2.45) is 4.99 Å². The van der Waals surface area contributed by atoms with Crippen molar-refractivity contribution < 1.29 is 9.21 Å². The first kappa shape index (κ1) is 18.8. The number of nitrogens with zero attached hydrogens (tertiary/aromatic N) is 3. The average molecular weight is 344 g/mol. The smallest absolute Gasteiger partial charge is 0.242 e. The SMILES string of the molecule is CCNC(=NCc1cc2ccccc2o1)N(C)CC(=O)N(CC)CC. The molecule has 1 aromatic carbocycles. The Labute approximate surface area is 149 Å². The van der Waals surface area contributed by atoms with Crippen LogP contribution >= 0.6 is 0 Å². The van der Waals surface area contributed by atoms with E-state index in [4.69, 9.17) is 4.42 Å². The molecule has 1 N–H and O–H groups in total. The lowest BCUT2D eigenvalue weighted by Gasteiger charge is -2.25. The fraction of sp³-hybridized carbons (Fsp3) is 0.474. The van der Waals surface area contributed by atoms with Crippen molar-refractivity contribution in [1.82, 2.24) is 15.1 Å². The highest BCUT2D eigenvalue weighted by atomic mass is 16.3. The van der Waals surface area contributed by atoms with Crippen molar-refractivity contribution in [3.63, 3.8) is 0 Å². The first-order valence-electron chi connectivity index (χ1n) is 8.83. The number of hydrogen-bond acceptors (Lipinski definition) is 3. The summed E-state index contributed by atoms with van der Waals surface area (Å²) in [6, 6.07) is 9.91. The van der Waals surface area contributed by atoms with Crippen LogP contribution in [0.2, 0.25) is 0 Å². The molecule has 1 amide bonds. The topological polar surface area (TPSA) is 61.1 Å². The predicted octanol–water partition coefficient (Wildman–Crippen LogP) is 2.70. The van der Waals surface area contributed by atoms with Crippen LogP contribution in [-0.2, 0) is 11.3 Å². The van der Waals surface area contributed by atoms with Crippen molar-refractivity contribution in [3.8, 4) is 0 Å². The molecule has 1 heterocycles. The first-order chi connectivity index (χ1) is 12.1. The molecule has 0 bridgehead atoms. The highest BCUT2D eigenvalue weighted by Crippen LogP contribution is 2.19. The summed E-state index contributed by atoms with van der Waals surface area (Å²) >= 11 is 0. The maximum absolute atomic E-state index is 12.3. The Hall–Kier alpha value is -2.50. The van der Waals surface area contributed by atoms with Crippen LogP contribution in [0.25, 0.3) is 11.0 Å². The molecule has 0 fully saturated rings. The van der Waals surface area contributed by atoms with Gasteiger partial charge < -0.3 is 19.5 Å². The Morgan fingerprint density at radius 1 is 1.20 bits per heavy atom. The van der Waals surface area contributed by atoms with Gasteiger partial charge in [0.15, 0.2) is 5.96 Å². The Morgan fingerprint density at radius 2 is 1.92 bits per heavy atom. The number of nitrogens with one attached hydrogen (secondary N) is 1. The van der Waals surface area contributed by atoms with E-state index in [0.29, 0.717) is 19.0 Å². The molecule has 136 valence electrons. The third-order valence-electron chi connectivity index (χ3n) is 4.05. The van der Waals surface area contributed by atoms with E-state index in [1.54, 1.807) is 0 Å². The fourth-order valence-electron chi connectivity index (χ4n) is 2.69. The molecule has 0 atom stereocenters. The summed E-state index contributed by atoms with van der Waals surface area (Å²) in [7, 11) is 1.88. The van der Waals surface area contributed by atoms with Gasteiger partial charge in [-0.1, -0.05) is 18.2 Å². The fourth-order valence-corrected chi connectivity index (χ4v) is 2.69. The molecule has 6 nitrogen and oxygen atoms in total. The normalized spacial score (nSPS) is 11.6. The van der Waals surface area contributed by atoms with Gasteiger partial charge in [-0.3, -0.25) is 4.79 Å². The second-order valence-electron chi connectivity index (χ2n) is 5.84. The number of guanidine groups is 1. The number of likely N-dealkylation sites (N-methyl/N-ethyl adjacent to an activating group) is 2. The third kappa shape index (κ3) is 4.98. The third-order valence-corrected chi connectivity index (χ3v) is 4.05. The van der Waals surface area contributed by atoms with Crippen molar-refractivity contribution in [3.05, 3.63) is 36.1 Å². The maximum atomic E-state index is 12.3. The molecule has 0 saturated carbocycles. The van der Waals surface area contributed by atoms with Crippen molar-refractivity contribution >= 4 is 22.8 Å². The first-order valence-corrected chi connectivity index (χ1v) is 8.83. The minimum Gasteiger partial charge on any atom is -0.459 e. The zero-order valence-electron chi connectivity index (χ0n) is 15.6. The van der Waals surface area contributed by atoms with E-state index in [1.165, 1.54) is 0 Å². The van der Waals surface area contributed by atoms with Gasteiger partial charge in [0.25, 0.3) is 0 Å². The predicted molar refractivity (Wildman–Crippen MR) is 102 cm³/mol. The van der Waals surface area contributed by atoms with Crippen LogP contribution in [0.1, 0.15) is 26.5 Å². The number of hydrogen-bond donors (Lipinski definition) is 1. The molecule has 25 heavy (non-hydrogen) atoms. The monoisotopic (exact) mass is 344 g/mol. The number of para-hydroxylation sites is 1. The van der Waals surface area contributed by atoms with Crippen molar-refractivity contribution in [2.75, 3.05) is 33.2 Å². The number of rotatable bonds is 7. The molecule has 6 heteroatoms. The molecule has 0 unspecified atom stereocenters. The van der Waals surface area contributed by atoms with Gasteiger partial charge in [0, 0.05) is 32.1 Å². The van der Waals surface area contributed by atoms with Crippen molar-refractivity contribution in [2.45, 2.75) is 27.3 Å². The van der Waals surface area contributed by atoms with Crippen LogP contribution in [-0.4, -0.2) is 54.9 Å². The lowest BCUT2D eigenvalue weighted by molar-refractivity contribution is -0.131. The average Bonchev–Trinajstić information content (AvgIpc) is 3.02. The van der Waals surface area contributed by atoms with E-state index in [1.807, 2.05) is 68.0 Å². The number of carbonyl (C=O) groups is 1. The Kier molecular flexibility index (Phi) is 6.86. The quantitative estimate of drug-likeness (QED) is 0.620. The van der Waals surface area contributed by atoms with E-state index < -0.39 is 0 Å². The largest absolute Gasteiger partial charge is 0.459 e. The Bertz CT molecular complexity index is 686. The molecule has 1 aromatic heterocycles. The summed E-state index contributed by atoms with van der Waals surface area (Å²) in [6.45, 7) is 8.89. The second kappa shape index (κ2) is 9.11. The van der Waals surface area contributed by atoms with Crippen LogP contribution < -0.4 is 5.32 Å². The lowest BCUT2D eigenvalue weighted by atomic mass is 10.2. The Balaban J connectivity index is 2.07. The van der Waals surface area contributed by atoms with Gasteiger partial charge in [0.2, 0.25) is 5.91 Å². The molecule has 0 radical (unpaired) electrons. The van der Waals surface area contributed by atoms with Crippen LogP contribution in [0.3, 0.4) is 0 Å². The van der Waals surface area contributed by atoms with Gasteiger partial charge >= 0.3 is 0 Å². The lowest BCUT2D eigenvalue weighted by Crippen LogP contribution is -2.45. The second-order valence-corrected chi connectivity index (χ2v) is 5.84. The van der Waals surface area contributed by atoms with E-state index in [-0.39, 0.29) is 5.91 Å². The summed E-state index contributed by atoms with van der Waals surface area (Å²) in [6.07, 6.45) is 0. The molecule has 0 aliphatic carbocycles. The standard InChI is InChI=1S/C19H28N4O2/c1-5-20-19(22(4)14-18(24)23(6-2)7-3)21-13-16-12-15-10-8-9-11-17(15)25-16/h8-12H,5-7,13-14H2,1-4H3,(H,20,21). The number of aliphatic imine (C=N–C) groups is 1. The number of amides is 1. The van der Waals surface area contributed by atoms with Crippen molar-refractivity contribution in [1.29, 1.82) is 0 Å². The molecular weight excluding hydrogens is 316 g/mol. The molecule has 0 aliphatic rings. The van der Waals surface area contributed by atoms with Crippen LogP contribution in [0, 0.1) is 0 Å². The zero-order valence-corrected chi connectivity index (χ0v) is 15.6. The molecule has 0 spiro atoms. The number of furan rings is 1. The van der Waals surface area contributed by atoms with E-state index in [0.717, 1.165) is 36.4 Å². The van der Waals surface area contributed by atoms with Gasteiger partial charge in [-0.15, -0.1) is 0 Å². The molecule has 0 saturated heterocycles. The van der Waals surface area contributed by atoms with Gasteiger partial charge in [0.1, 0.15) is 17.9 Å². The van der Waals surface area contributed by atoms with Crippen LogP contribution in [0.5, 0.6) is 0 Å². The zero-order chi connectivity index (χ0) is 18.2. The van der Waals surface area contributed by atoms with E-state index in [9.17, 15) is 4.79 Å². The number of carbonyl (C=O) groups excluding carboxylic acids is 1.